The molecule has 17 heavy (non-hydrogen) atoms. The maximum Gasteiger partial charge on any atom is 0.00931 e. The Kier molecular flexibility index (Phi) is 5.46. The van der Waals surface area contributed by atoms with E-state index in [0.717, 1.165) is 31.0 Å². The highest BCUT2D eigenvalue weighted by Crippen LogP contribution is 2.29. The summed E-state index contributed by atoms with van der Waals surface area (Å²) >= 11 is 0. The molecule has 1 N–H and O–H groups in total. The summed E-state index contributed by atoms with van der Waals surface area (Å²) in [5, 5.41) is 3.81. The average Bonchev–Trinajstić information content (AvgIpc) is 2.14. The van der Waals surface area contributed by atoms with Gasteiger partial charge in [-0.05, 0) is 50.6 Å². The molecule has 0 radical (unpaired) electrons. The second-order valence-corrected chi connectivity index (χ2v) is 7.28. The fraction of sp³-hybridized carbons (Fsp3) is 1.00. The number of nitrogens with zero attached hydrogens (tertiary/aromatic N) is 1. The van der Waals surface area contributed by atoms with Crippen molar-refractivity contribution in [1.29, 1.82) is 0 Å². The number of hydrogen-bond donors (Lipinski definition) is 1. The van der Waals surface area contributed by atoms with Crippen LogP contribution in [0, 0.1) is 17.3 Å². The summed E-state index contributed by atoms with van der Waals surface area (Å²) in [6.45, 7) is 11.8. The number of hydrogen-bond acceptors (Lipinski definition) is 2. The van der Waals surface area contributed by atoms with Crippen molar-refractivity contribution >= 4 is 0 Å². The van der Waals surface area contributed by atoms with Gasteiger partial charge < -0.3 is 10.2 Å². The van der Waals surface area contributed by atoms with Gasteiger partial charge in [0.15, 0.2) is 0 Å². The van der Waals surface area contributed by atoms with E-state index < -0.39 is 0 Å². The molecule has 102 valence electrons. The molecule has 0 saturated heterocycles. The third-order valence-electron chi connectivity index (χ3n) is 4.02. The molecule has 0 spiro atoms. The lowest BCUT2D eigenvalue weighted by atomic mass is 9.79. The summed E-state index contributed by atoms with van der Waals surface area (Å²) in [6.07, 6.45) is 4.16. The molecule has 0 aliphatic heterocycles. The smallest absolute Gasteiger partial charge is 0.00931 e. The van der Waals surface area contributed by atoms with Crippen LogP contribution in [0.3, 0.4) is 0 Å². The Bertz CT molecular complexity index is 223. The maximum absolute atomic E-state index is 3.81. The molecule has 2 nitrogen and oxygen atoms in total. The van der Waals surface area contributed by atoms with Gasteiger partial charge in [-0.2, -0.15) is 0 Å². The minimum Gasteiger partial charge on any atom is -0.313 e. The topological polar surface area (TPSA) is 15.3 Å². The first-order chi connectivity index (χ1) is 7.80. The monoisotopic (exact) mass is 240 g/mol. The van der Waals surface area contributed by atoms with Gasteiger partial charge >= 0.3 is 0 Å². The minimum absolute atomic E-state index is 0.367. The zero-order valence-corrected chi connectivity index (χ0v) is 12.7. The second kappa shape index (κ2) is 6.19. The predicted molar refractivity (Wildman–Crippen MR) is 76.3 cm³/mol. The summed E-state index contributed by atoms with van der Waals surface area (Å²) < 4.78 is 0. The Morgan fingerprint density at radius 1 is 1.18 bits per heavy atom. The molecule has 2 heteroatoms. The van der Waals surface area contributed by atoms with Gasteiger partial charge in [0.25, 0.3) is 0 Å². The first-order valence-corrected chi connectivity index (χ1v) is 7.18. The highest BCUT2D eigenvalue weighted by molar-refractivity contribution is 4.84. The summed E-state index contributed by atoms with van der Waals surface area (Å²) in [7, 11) is 4.32. The van der Waals surface area contributed by atoms with Crippen LogP contribution in [-0.2, 0) is 0 Å². The van der Waals surface area contributed by atoms with E-state index in [9.17, 15) is 0 Å². The molecule has 1 saturated carbocycles. The molecular formula is C15H32N2. The van der Waals surface area contributed by atoms with Gasteiger partial charge in [0.1, 0.15) is 0 Å². The van der Waals surface area contributed by atoms with Crippen LogP contribution in [0.15, 0.2) is 0 Å². The summed E-state index contributed by atoms with van der Waals surface area (Å²) in [4.78, 5) is 2.29. The normalized spacial score (nSPS) is 30.9. The van der Waals surface area contributed by atoms with Crippen molar-refractivity contribution in [2.75, 3.05) is 27.2 Å². The molecular weight excluding hydrogens is 208 g/mol. The van der Waals surface area contributed by atoms with Crippen LogP contribution in [0.5, 0.6) is 0 Å². The quantitative estimate of drug-likeness (QED) is 0.795. The van der Waals surface area contributed by atoms with Gasteiger partial charge in [-0.25, -0.2) is 0 Å². The summed E-state index contributed by atoms with van der Waals surface area (Å²) in [5.41, 5.74) is 0.367. The van der Waals surface area contributed by atoms with E-state index in [1.807, 2.05) is 0 Å². The first-order valence-electron chi connectivity index (χ1n) is 7.18. The Hall–Kier alpha value is -0.0800. The molecule has 1 aliphatic rings. The highest BCUT2D eigenvalue weighted by Gasteiger charge is 2.27. The van der Waals surface area contributed by atoms with Crippen LogP contribution in [-0.4, -0.2) is 38.1 Å². The third-order valence-corrected chi connectivity index (χ3v) is 4.02. The van der Waals surface area contributed by atoms with Crippen molar-refractivity contribution in [2.24, 2.45) is 17.3 Å². The standard InChI is InChI=1S/C15H32N2/c1-12-7-8-14(13(2)9-12)16-10-15(3,4)11-17(5)6/h12-14,16H,7-11H2,1-6H3. The molecule has 0 heterocycles. The van der Waals surface area contributed by atoms with Crippen molar-refractivity contribution in [2.45, 2.75) is 53.0 Å². The molecule has 0 aromatic rings. The van der Waals surface area contributed by atoms with E-state index >= 15 is 0 Å². The van der Waals surface area contributed by atoms with Crippen molar-refractivity contribution < 1.29 is 0 Å². The van der Waals surface area contributed by atoms with Gasteiger partial charge in [0.05, 0.1) is 0 Å². The molecule has 1 rings (SSSR count). The second-order valence-electron chi connectivity index (χ2n) is 7.28. The zero-order chi connectivity index (χ0) is 13.1. The molecule has 1 aliphatic carbocycles. The van der Waals surface area contributed by atoms with Gasteiger partial charge in [-0.1, -0.05) is 27.7 Å². The van der Waals surface area contributed by atoms with Crippen LogP contribution in [0.4, 0.5) is 0 Å². The maximum atomic E-state index is 3.81. The van der Waals surface area contributed by atoms with Crippen LogP contribution >= 0.6 is 0 Å². The largest absolute Gasteiger partial charge is 0.313 e. The van der Waals surface area contributed by atoms with E-state index in [0.29, 0.717) is 5.41 Å². The van der Waals surface area contributed by atoms with Gasteiger partial charge in [0, 0.05) is 19.1 Å². The van der Waals surface area contributed by atoms with Crippen molar-refractivity contribution in [3.8, 4) is 0 Å². The van der Waals surface area contributed by atoms with Gasteiger partial charge in [0.2, 0.25) is 0 Å². The summed E-state index contributed by atoms with van der Waals surface area (Å²) in [6, 6.07) is 0.743. The van der Waals surface area contributed by atoms with Gasteiger partial charge in [-0.3, -0.25) is 0 Å². The van der Waals surface area contributed by atoms with E-state index in [-0.39, 0.29) is 0 Å². The highest BCUT2D eigenvalue weighted by atomic mass is 15.1. The fourth-order valence-corrected chi connectivity index (χ4v) is 3.29. The van der Waals surface area contributed by atoms with Crippen molar-refractivity contribution in [3.63, 3.8) is 0 Å². The van der Waals surface area contributed by atoms with Crippen molar-refractivity contribution in [1.82, 2.24) is 10.2 Å². The lowest BCUT2D eigenvalue weighted by Crippen LogP contribution is -2.45. The van der Waals surface area contributed by atoms with Gasteiger partial charge in [-0.15, -0.1) is 0 Å². The SMILES string of the molecule is CC1CCC(NCC(C)(C)CN(C)C)C(C)C1. The van der Waals surface area contributed by atoms with E-state index in [4.69, 9.17) is 0 Å². The molecule has 0 aromatic carbocycles. The molecule has 0 amide bonds. The van der Waals surface area contributed by atoms with E-state index in [2.05, 4.69) is 52.0 Å². The molecule has 3 unspecified atom stereocenters. The minimum atomic E-state index is 0.367. The van der Waals surface area contributed by atoms with E-state index in [1.54, 1.807) is 0 Å². The van der Waals surface area contributed by atoms with E-state index in [1.165, 1.54) is 19.3 Å². The Morgan fingerprint density at radius 2 is 1.82 bits per heavy atom. The zero-order valence-electron chi connectivity index (χ0n) is 12.7. The number of rotatable bonds is 5. The van der Waals surface area contributed by atoms with Crippen molar-refractivity contribution in [3.05, 3.63) is 0 Å². The summed E-state index contributed by atoms with van der Waals surface area (Å²) in [5.74, 6) is 1.77. The fourth-order valence-electron chi connectivity index (χ4n) is 3.29. The number of nitrogens with one attached hydrogen (secondary N) is 1. The molecule has 0 aromatic heterocycles. The van der Waals surface area contributed by atoms with Crippen LogP contribution in [0.1, 0.15) is 47.0 Å². The molecule has 1 fully saturated rings. The molecule has 0 bridgehead atoms. The molecule has 3 atom stereocenters. The predicted octanol–water partition coefficient (Wildman–Crippen LogP) is 2.99. The average molecular weight is 240 g/mol. The van der Waals surface area contributed by atoms with Crippen LogP contribution in [0.25, 0.3) is 0 Å². The lowest BCUT2D eigenvalue weighted by molar-refractivity contribution is 0.183. The lowest BCUT2D eigenvalue weighted by Gasteiger charge is -2.36. The van der Waals surface area contributed by atoms with Crippen LogP contribution < -0.4 is 5.32 Å². The third kappa shape index (κ3) is 5.39. The van der Waals surface area contributed by atoms with Crippen LogP contribution in [0.2, 0.25) is 0 Å². The Balaban J connectivity index is 2.34. The Morgan fingerprint density at radius 3 is 2.35 bits per heavy atom. The Labute approximate surface area is 108 Å². The first kappa shape index (κ1) is 15.0.